The molecule has 146 valence electrons. The average molecular weight is 404 g/mol. The van der Waals surface area contributed by atoms with Crippen LogP contribution >= 0.6 is 0 Å². The number of hydrogen-bond acceptors (Lipinski definition) is 4. The number of rotatable bonds is 6. The van der Waals surface area contributed by atoms with Crippen molar-refractivity contribution >= 4 is 20.8 Å². The Labute approximate surface area is 169 Å². The lowest BCUT2D eigenvalue weighted by Crippen LogP contribution is -2.36. The van der Waals surface area contributed by atoms with Crippen LogP contribution in [-0.4, -0.2) is 8.42 Å². The van der Waals surface area contributed by atoms with Gasteiger partial charge in [0.15, 0.2) is 0 Å². The summed E-state index contributed by atoms with van der Waals surface area (Å²) in [6.07, 6.45) is 1.64. The van der Waals surface area contributed by atoms with Crippen LogP contribution in [0.25, 0.3) is 10.8 Å². The van der Waals surface area contributed by atoms with Crippen LogP contribution in [0.2, 0.25) is 0 Å². The van der Waals surface area contributed by atoms with E-state index < -0.39 is 16.1 Å². The van der Waals surface area contributed by atoms with Gasteiger partial charge in [0.2, 0.25) is 10.0 Å². The molecular weight excluding hydrogens is 384 g/mol. The molecule has 29 heavy (non-hydrogen) atoms. The predicted molar refractivity (Wildman–Crippen MR) is 112 cm³/mol. The monoisotopic (exact) mass is 404 g/mol. The second kappa shape index (κ2) is 7.15. The van der Waals surface area contributed by atoms with E-state index in [4.69, 9.17) is 4.42 Å². The SMILES string of the molecule is O=S(=O)(N[C@H]1c2cccc3cccc(c23)[C@H]1NCc1ccco1)c1ccccc1. The first-order valence-electron chi connectivity index (χ1n) is 9.48. The van der Waals surface area contributed by atoms with Gasteiger partial charge in [-0.05, 0) is 46.2 Å². The molecule has 0 spiro atoms. The van der Waals surface area contributed by atoms with Crippen LogP contribution in [0.15, 0.2) is 94.4 Å². The van der Waals surface area contributed by atoms with Gasteiger partial charge < -0.3 is 9.73 Å². The van der Waals surface area contributed by atoms with Crippen LogP contribution in [0, 0.1) is 0 Å². The molecule has 1 aliphatic carbocycles. The first-order chi connectivity index (χ1) is 14.1. The van der Waals surface area contributed by atoms with Gasteiger partial charge in [0.25, 0.3) is 0 Å². The van der Waals surface area contributed by atoms with E-state index in [9.17, 15) is 8.42 Å². The normalized spacial score (nSPS) is 18.3. The zero-order valence-electron chi connectivity index (χ0n) is 15.6. The van der Waals surface area contributed by atoms with Gasteiger partial charge in [-0.15, -0.1) is 0 Å². The minimum atomic E-state index is -3.68. The fourth-order valence-electron chi connectivity index (χ4n) is 4.10. The summed E-state index contributed by atoms with van der Waals surface area (Å²) in [5.74, 6) is 0.804. The molecule has 0 unspecified atom stereocenters. The molecular formula is C23H20N2O3S. The van der Waals surface area contributed by atoms with Crippen molar-refractivity contribution in [3.63, 3.8) is 0 Å². The van der Waals surface area contributed by atoms with Crippen molar-refractivity contribution in [3.05, 3.63) is 102 Å². The molecule has 0 bridgehead atoms. The molecule has 4 aromatic rings. The smallest absolute Gasteiger partial charge is 0.241 e. The van der Waals surface area contributed by atoms with Crippen LogP contribution < -0.4 is 10.0 Å². The summed E-state index contributed by atoms with van der Waals surface area (Å²) in [6, 6.07) is 23.7. The molecule has 3 aromatic carbocycles. The Bertz CT molecular complexity index is 1250. The molecule has 0 saturated carbocycles. The standard InChI is InChI=1S/C23H20N2O3S/c26-29(27,18-10-2-1-3-11-18)25-23-20-13-5-8-16-7-4-12-19(21(16)20)22(23)24-15-17-9-6-14-28-17/h1-14,22-25H,15H2/t22-,23+/m1/s1. The summed E-state index contributed by atoms with van der Waals surface area (Å²) in [5, 5.41) is 5.70. The van der Waals surface area contributed by atoms with Crippen LogP contribution in [0.4, 0.5) is 0 Å². The van der Waals surface area contributed by atoms with Crippen LogP contribution in [-0.2, 0) is 16.6 Å². The van der Waals surface area contributed by atoms with E-state index in [1.165, 1.54) is 0 Å². The Hall–Kier alpha value is -2.93. The second-order valence-electron chi connectivity index (χ2n) is 7.14. The van der Waals surface area contributed by atoms with Crippen molar-refractivity contribution in [2.24, 2.45) is 0 Å². The van der Waals surface area contributed by atoms with Crippen molar-refractivity contribution in [2.75, 3.05) is 0 Å². The fourth-order valence-corrected chi connectivity index (χ4v) is 5.34. The van der Waals surface area contributed by atoms with E-state index in [2.05, 4.69) is 28.2 Å². The third kappa shape index (κ3) is 3.25. The fraction of sp³-hybridized carbons (Fsp3) is 0.130. The summed E-state index contributed by atoms with van der Waals surface area (Å²) in [7, 11) is -3.68. The van der Waals surface area contributed by atoms with Gasteiger partial charge in [-0.3, -0.25) is 0 Å². The van der Waals surface area contributed by atoms with Crippen molar-refractivity contribution in [2.45, 2.75) is 23.5 Å². The van der Waals surface area contributed by atoms with E-state index in [1.807, 2.05) is 30.3 Å². The Balaban J connectivity index is 1.55. The number of benzene rings is 3. The Morgan fingerprint density at radius 3 is 2.21 bits per heavy atom. The van der Waals surface area contributed by atoms with E-state index in [-0.39, 0.29) is 10.9 Å². The Kier molecular flexibility index (Phi) is 4.47. The minimum absolute atomic E-state index is 0.209. The molecule has 0 amide bonds. The molecule has 2 atom stereocenters. The van der Waals surface area contributed by atoms with Crippen molar-refractivity contribution < 1.29 is 12.8 Å². The Morgan fingerprint density at radius 1 is 0.793 bits per heavy atom. The average Bonchev–Trinajstić information content (AvgIpc) is 3.36. The van der Waals surface area contributed by atoms with Gasteiger partial charge in [-0.1, -0.05) is 54.6 Å². The maximum atomic E-state index is 13.1. The topological polar surface area (TPSA) is 71.3 Å². The lowest BCUT2D eigenvalue weighted by atomic mass is 10.0. The summed E-state index contributed by atoms with van der Waals surface area (Å²) in [5.41, 5.74) is 2.07. The highest BCUT2D eigenvalue weighted by Gasteiger charge is 2.37. The molecule has 0 aliphatic heterocycles. The van der Waals surface area contributed by atoms with Gasteiger partial charge in [0, 0.05) is 0 Å². The molecule has 2 N–H and O–H groups in total. The number of hydrogen-bond donors (Lipinski definition) is 2. The molecule has 1 heterocycles. The lowest BCUT2D eigenvalue weighted by Gasteiger charge is -2.24. The molecule has 0 fully saturated rings. The molecule has 0 saturated heterocycles. The summed E-state index contributed by atoms with van der Waals surface area (Å²) in [6.45, 7) is 0.506. The summed E-state index contributed by atoms with van der Waals surface area (Å²) >= 11 is 0. The lowest BCUT2D eigenvalue weighted by molar-refractivity contribution is 0.405. The van der Waals surface area contributed by atoms with E-state index in [0.29, 0.717) is 6.54 Å². The van der Waals surface area contributed by atoms with Gasteiger partial charge in [-0.25, -0.2) is 13.1 Å². The van der Waals surface area contributed by atoms with Gasteiger partial charge in [-0.2, -0.15) is 0 Å². The molecule has 1 aliphatic rings. The first-order valence-corrected chi connectivity index (χ1v) is 11.0. The van der Waals surface area contributed by atoms with E-state index >= 15 is 0 Å². The first kappa shape index (κ1) is 18.1. The van der Waals surface area contributed by atoms with Gasteiger partial charge >= 0.3 is 0 Å². The molecule has 6 heteroatoms. The highest BCUT2D eigenvalue weighted by atomic mass is 32.2. The third-order valence-corrected chi connectivity index (χ3v) is 6.84. The largest absolute Gasteiger partial charge is 0.468 e. The molecule has 1 aromatic heterocycles. The second-order valence-corrected chi connectivity index (χ2v) is 8.86. The van der Waals surface area contributed by atoms with Gasteiger partial charge in [0.1, 0.15) is 5.76 Å². The zero-order valence-corrected chi connectivity index (χ0v) is 16.4. The van der Waals surface area contributed by atoms with Crippen molar-refractivity contribution in [1.82, 2.24) is 10.0 Å². The van der Waals surface area contributed by atoms with Crippen LogP contribution in [0.1, 0.15) is 29.0 Å². The highest BCUT2D eigenvalue weighted by molar-refractivity contribution is 7.89. The van der Waals surface area contributed by atoms with Crippen LogP contribution in [0.3, 0.4) is 0 Å². The molecule has 0 radical (unpaired) electrons. The summed E-state index contributed by atoms with van der Waals surface area (Å²) < 4.78 is 34.5. The van der Waals surface area contributed by atoms with Crippen molar-refractivity contribution in [3.8, 4) is 0 Å². The van der Waals surface area contributed by atoms with E-state index in [0.717, 1.165) is 27.7 Å². The number of sulfonamides is 1. The third-order valence-electron chi connectivity index (χ3n) is 5.38. The Morgan fingerprint density at radius 2 is 1.52 bits per heavy atom. The molecule has 5 rings (SSSR count). The predicted octanol–water partition coefficient (Wildman–Crippen LogP) is 4.30. The molecule has 5 nitrogen and oxygen atoms in total. The minimum Gasteiger partial charge on any atom is -0.468 e. The van der Waals surface area contributed by atoms with Gasteiger partial charge in [0.05, 0.1) is 29.8 Å². The quantitative estimate of drug-likeness (QED) is 0.503. The van der Waals surface area contributed by atoms with Crippen LogP contribution in [0.5, 0.6) is 0 Å². The van der Waals surface area contributed by atoms with E-state index in [1.54, 1.807) is 36.6 Å². The maximum absolute atomic E-state index is 13.1. The summed E-state index contributed by atoms with van der Waals surface area (Å²) in [4.78, 5) is 0.257. The van der Waals surface area contributed by atoms with Crippen molar-refractivity contribution in [1.29, 1.82) is 0 Å². The number of nitrogens with one attached hydrogen (secondary N) is 2. The zero-order chi connectivity index (χ0) is 19.8. The highest BCUT2D eigenvalue weighted by Crippen LogP contribution is 2.44. The number of furan rings is 1. The maximum Gasteiger partial charge on any atom is 0.241 e.